The quantitative estimate of drug-likeness (QED) is 0.940. The van der Waals surface area contributed by atoms with Crippen LogP contribution in [-0.4, -0.2) is 18.8 Å². The molecule has 0 unspecified atom stereocenters. The fraction of sp³-hybridized carbons (Fsp3) is 0.235. The van der Waals surface area contributed by atoms with Crippen LogP contribution in [0.15, 0.2) is 53.4 Å². The Morgan fingerprint density at radius 3 is 2.81 bits per heavy atom. The van der Waals surface area contributed by atoms with Gasteiger partial charge in [-0.15, -0.1) is 11.8 Å². The zero-order valence-electron chi connectivity index (χ0n) is 11.8. The first-order chi connectivity index (χ1) is 10.3. The number of carbonyl (C=O) groups excluding carboxylic acids is 1. The number of methoxy groups -OCH3 is 1. The Hall–Kier alpha value is -1.94. The molecule has 1 N–H and O–H groups in total. The maximum Gasteiger partial charge on any atom is 0.255 e. The van der Waals surface area contributed by atoms with Gasteiger partial charge in [0, 0.05) is 10.6 Å². The Balaban J connectivity index is 1.83. The SMILES string of the molecule is COc1ccccc1C(=O)N[C@H]1CCSc2ccccc21. The Morgan fingerprint density at radius 1 is 1.19 bits per heavy atom. The van der Waals surface area contributed by atoms with Gasteiger partial charge in [0.15, 0.2) is 0 Å². The summed E-state index contributed by atoms with van der Waals surface area (Å²) >= 11 is 1.85. The lowest BCUT2D eigenvalue weighted by Crippen LogP contribution is -2.30. The zero-order valence-corrected chi connectivity index (χ0v) is 12.7. The van der Waals surface area contributed by atoms with Crippen LogP contribution in [0, 0.1) is 0 Å². The molecule has 0 saturated heterocycles. The molecule has 0 spiro atoms. The van der Waals surface area contributed by atoms with Gasteiger partial charge in [0.05, 0.1) is 18.7 Å². The number of nitrogens with one attached hydrogen (secondary N) is 1. The van der Waals surface area contributed by atoms with Crippen molar-refractivity contribution in [3.8, 4) is 5.75 Å². The number of thioether (sulfide) groups is 1. The monoisotopic (exact) mass is 299 g/mol. The van der Waals surface area contributed by atoms with Crippen LogP contribution in [-0.2, 0) is 0 Å². The van der Waals surface area contributed by atoms with Gasteiger partial charge in [-0.3, -0.25) is 4.79 Å². The van der Waals surface area contributed by atoms with E-state index >= 15 is 0 Å². The van der Waals surface area contributed by atoms with E-state index < -0.39 is 0 Å². The van der Waals surface area contributed by atoms with Gasteiger partial charge in [0.25, 0.3) is 5.91 Å². The molecular weight excluding hydrogens is 282 g/mol. The van der Waals surface area contributed by atoms with Gasteiger partial charge in [-0.2, -0.15) is 0 Å². The number of carbonyl (C=O) groups is 1. The highest BCUT2D eigenvalue weighted by Gasteiger charge is 2.23. The summed E-state index contributed by atoms with van der Waals surface area (Å²) in [5, 5.41) is 3.13. The Labute approximate surface area is 128 Å². The number of ether oxygens (including phenoxy) is 1. The summed E-state index contributed by atoms with van der Waals surface area (Å²) in [6.45, 7) is 0. The first-order valence-electron chi connectivity index (χ1n) is 6.95. The molecule has 0 fully saturated rings. The van der Waals surface area contributed by atoms with Gasteiger partial charge in [0.1, 0.15) is 5.75 Å². The van der Waals surface area contributed by atoms with Crippen molar-refractivity contribution >= 4 is 17.7 Å². The van der Waals surface area contributed by atoms with Crippen LogP contribution in [0.1, 0.15) is 28.4 Å². The summed E-state index contributed by atoms with van der Waals surface area (Å²) < 4.78 is 5.26. The fourth-order valence-electron chi connectivity index (χ4n) is 2.56. The number of hydrogen-bond acceptors (Lipinski definition) is 3. The molecule has 2 aromatic rings. The predicted octanol–water partition coefficient (Wildman–Crippen LogP) is 3.66. The van der Waals surface area contributed by atoms with Crippen molar-refractivity contribution in [1.82, 2.24) is 5.32 Å². The molecule has 3 nitrogen and oxygen atoms in total. The van der Waals surface area contributed by atoms with Gasteiger partial charge in [-0.25, -0.2) is 0 Å². The summed E-state index contributed by atoms with van der Waals surface area (Å²) in [6.07, 6.45) is 0.947. The standard InChI is InChI=1S/C17H17NO2S/c1-20-15-8-4-2-7-13(15)17(19)18-14-10-11-21-16-9-5-3-6-12(14)16/h2-9,14H,10-11H2,1H3,(H,18,19)/t14-/m0/s1. The highest BCUT2D eigenvalue weighted by atomic mass is 32.2. The number of benzene rings is 2. The lowest BCUT2D eigenvalue weighted by atomic mass is 10.0. The molecule has 0 aliphatic carbocycles. The van der Waals surface area contributed by atoms with Crippen LogP contribution in [0.4, 0.5) is 0 Å². The number of amides is 1. The second-order valence-electron chi connectivity index (χ2n) is 4.90. The Morgan fingerprint density at radius 2 is 1.95 bits per heavy atom. The second-order valence-corrected chi connectivity index (χ2v) is 6.04. The minimum Gasteiger partial charge on any atom is -0.496 e. The van der Waals surface area contributed by atoms with Crippen LogP contribution in [0.5, 0.6) is 5.75 Å². The van der Waals surface area contributed by atoms with Crippen LogP contribution in [0.2, 0.25) is 0 Å². The van der Waals surface area contributed by atoms with E-state index in [1.54, 1.807) is 19.2 Å². The van der Waals surface area contributed by atoms with E-state index in [1.165, 1.54) is 10.5 Å². The average Bonchev–Trinajstić information content (AvgIpc) is 2.55. The largest absolute Gasteiger partial charge is 0.496 e. The van der Waals surface area contributed by atoms with Gasteiger partial charge in [-0.05, 0) is 30.2 Å². The normalized spacial score (nSPS) is 16.9. The van der Waals surface area contributed by atoms with Gasteiger partial charge < -0.3 is 10.1 Å². The lowest BCUT2D eigenvalue weighted by molar-refractivity contribution is 0.0932. The number of rotatable bonds is 3. The van der Waals surface area contributed by atoms with E-state index in [2.05, 4.69) is 17.4 Å². The highest BCUT2D eigenvalue weighted by Crippen LogP contribution is 2.36. The zero-order chi connectivity index (χ0) is 14.7. The summed E-state index contributed by atoms with van der Waals surface area (Å²) in [4.78, 5) is 13.8. The molecule has 1 aliphatic rings. The van der Waals surface area contributed by atoms with Crippen molar-refractivity contribution in [3.63, 3.8) is 0 Å². The molecule has 1 heterocycles. The minimum atomic E-state index is -0.0841. The van der Waals surface area contributed by atoms with E-state index in [4.69, 9.17) is 4.74 Å². The highest BCUT2D eigenvalue weighted by molar-refractivity contribution is 7.99. The first kappa shape index (κ1) is 14.0. The Kier molecular flexibility index (Phi) is 4.15. The number of hydrogen-bond donors (Lipinski definition) is 1. The van der Waals surface area contributed by atoms with Crippen molar-refractivity contribution < 1.29 is 9.53 Å². The minimum absolute atomic E-state index is 0.0693. The molecule has 4 heteroatoms. The van der Waals surface area contributed by atoms with Crippen LogP contribution in [0.25, 0.3) is 0 Å². The fourth-order valence-corrected chi connectivity index (χ4v) is 3.69. The van der Waals surface area contributed by atoms with Crippen molar-refractivity contribution in [2.24, 2.45) is 0 Å². The maximum atomic E-state index is 12.5. The van der Waals surface area contributed by atoms with Crippen molar-refractivity contribution in [2.45, 2.75) is 17.4 Å². The Bertz CT molecular complexity index is 657. The summed E-state index contributed by atoms with van der Waals surface area (Å²) in [6, 6.07) is 15.6. The molecule has 3 rings (SSSR count). The van der Waals surface area contributed by atoms with Gasteiger partial charge in [-0.1, -0.05) is 30.3 Å². The molecule has 1 amide bonds. The second kappa shape index (κ2) is 6.22. The van der Waals surface area contributed by atoms with E-state index in [0.29, 0.717) is 11.3 Å². The summed E-state index contributed by atoms with van der Waals surface area (Å²) in [5.74, 6) is 1.54. The molecule has 108 valence electrons. The molecule has 21 heavy (non-hydrogen) atoms. The number of fused-ring (bicyclic) bond motifs is 1. The molecule has 0 aromatic heterocycles. The first-order valence-corrected chi connectivity index (χ1v) is 7.94. The third-order valence-corrected chi connectivity index (χ3v) is 4.74. The van der Waals surface area contributed by atoms with Crippen LogP contribution >= 0.6 is 11.8 Å². The van der Waals surface area contributed by atoms with E-state index in [-0.39, 0.29) is 11.9 Å². The molecule has 2 aromatic carbocycles. The molecule has 1 aliphatic heterocycles. The maximum absolute atomic E-state index is 12.5. The summed E-state index contributed by atoms with van der Waals surface area (Å²) in [7, 11) is 1.58. The third-order valence-electron chi connectivity index (χ3n) is 3.62. The van der Waals surface area contributed by atoms with Crippen molar-refractivity contribution in [1.29, 1.82) is 0 Å². The van der Waals surface area contributed by atoms with E-state index in [1.807, 2.05) is 36.0 Å². The van der Waals surface area contributed by atoms with E-state index in [0.717, 1.165) is 12.2 Å². The van der Waals surface area contributed by atoms with Crippen LogP contribution in [0.3, 0.4) is 0 Å². The predicted molar refractivity (Wildman–Crippen MR) is 85.0 cm³/mol. The molecule has 0 saturated carbocycles. The topological polar surface area (TPSA) is 38.3 Å². The smallest absolute Gasteiger partial charge is 0.255 e. The molecular formula is C17H17NO2S. The van der Waals surface area contributed by atoms with Gasteiger partial charge >= 0.3 is 0 Å². The summed E-state index contributed by atoms with van der Waals surface area (Å²) in [5.41, 5.74) is 1.78. The van der Waals surface area contributed by atoms with Crippen molar-refractivity contribution in [2.75, 3.05) is 12.9 Å². The molecule has 0 radical (unpaired) electrons. The third kappa shape index (κ3) is 2.90. The molecule has 1 atom stereocenters. The lowest BCUT2D eigenvalue weighted by Gasteiger charge is -2.26. The van der Waals surface area contributed by atoms with Crippen LogP contribution < -0.4 is 10.1 Å². The van der Waals surface area contributed by atoms with Gasteiger partial charge in [0.2, 0.25) is 0 Å². The van der Waals surface area contributed by atoms with E-state index in [9.17, 15) is 4.79 Å². The molecule has 0 bridgehead atoms. The van der Waals surface area contributed by atoms with Crippen molar-refractivity contribution in [3.05, 3.63) is 59.7 Å². The average molecular weight is 299 g/mol. The number of para-hydroxylation sites is 1.